The Morgan fingerprint density at radius 1 is 1.02 bits per heavy atom. The molecule has 10 nitrogen and oxygen atoms in total. The van der Waals surface area contributed by atoms with Gasteiger partial charge in [0, 0.05) is 49.4 Å². The molecule has 2 amide bonds. The molecule has 2 saturated heterocycles. The van der Waals surface area contributed by atoms with Crippen molar-refractivity contribution in [1.29, 1.82) is 0 Å². The van der Waals surface area contributed by atoms with Gasteiger partial charge in [0.1, 0.15) is 11.7 Å². The molecule has 5 heterocycles. The van der Waals surface area contributed by atoms with Gasteiger partial charge in [-0.2, -0.15) is 15.3 Å². The first-order valence-corrected chi connectivity index (χ1v) is 15.7. The number of halogens is 2. The van der Waals surface area contributed by atoms with Gasteiger partial charge in [-0.3, -0.25) is 29.0 Å². The number of imide groups is 1. The lowest BCUT2D eigenvalue weighted by atomic mass is 9.85. The molecule has 1 unspecified atom stereocenters. The summed E-state index contributed by atoms with van der Waals surface area (Å²) in [4.78, 5) is 26.8. The number of aromatic nitrogens is 6. The van der Waals surface area contributed by atoms with E-state index in [9.17, 15) is 18.4 Å². The number of alkyl halides is 2. The van der Waals surface area contributed by atoms with Crippen LogP contribution in [0.25, 0.3) is 22.0 Å². The number of fused-ring (bicyclic) bond motifs is 1. The van der Waals surface area contributed by atoms with E-state index in [1.54, 1.807) is 9.36 Å². The molecule has 3 aliphatic rings. The standard InChI is InChI=1S/C32H38F2N8O2/c1-20-30-25(3-2-4-27(30)42(37-20)28-9-10-29(43)36-32(28)44)22-17-35-41(19-22)24-11-14-39(15-12-24)18-21-5-7-23(8-6-21)40-16-13-26(38-40)31(33)34/h2-4,13,16-17,19,21,23-24,28,31H,5-12,14-15,18H2,1H3,(H,36,43,44)/i13D. The van der Waals surface area contributed by atoms with Crippen LogP contribution in [-0.2, 0) is 9.59 Å². The first-order chi connectivity index (χ1) is 21.7. The molecule has 2 aliphatic heterocycles. The van der Waals surface area contributed by atoms with Crippen molar-refractivity contribution < 1.29 is 19.7 Å². The number of carbonyl (C=O) groups excluding carboxylic acids is 2. The van der Waals surface area contributed by atoms with Gasteiger partial charge in [0.2, 0.25) is 5.91 Å². The fourth-order valence-electron chi connectivity index (χ4n) is 7.38. The zero-order valence-corrected chi connectivity index (χ0v) is 24.8. The number of carbonyl (C=O) groups is 2. The van der Waals surface area contributed by atoms with Gasteiger partial charge in [0.05, 0.1) is 30.9 Å². The van der Waals surface area contributed by atoms with Crippen LogP contribution in [0.3, 0.4) is 0 Å². The molecular formula is C32H38F2N8O2. The Bertz CT molecular complexity index is 1710. The molecule has 7 rings (SSSR count). The fourth-order valence-corrected chi connectivity index (χ4v) is 7.38. The predicted octanol–water partition coefficient (Wildman–Crippen LogP) is 5.39. The van der Waals surface area contributed by atoms with Gasteiger partial charge in [-0.15, -0.1) is 0 Å². The molecule has 0 radical (unpaired) electrons. The van der Waals surface area contributed by atoms with E-state index in [1.165, 1.54) is 6.20 Å². The van der Waals surface area contributed by atoms with Gasteiger partial charge < -0.3 is 4.90 Å². The number of hydrogen-bond donors (Lipinski definition) is 1. The SMILES string of the molecule is [2H]c1cn(C2CCC(CN3CCC(n4cc(-c5cccc6c5c(C)nn6C5CCC(=O)NC5=O)cn4)CC3)CC2)nc1C(F)F. The lowest BCUT2D eigenvalue weighted by Gasteiger charge is -2.36. The highest BCUT2D eigenvalue weighted by molar-refractivity contribution is 6.01. The Morgan fingerprint density at radius 2 is 1.80 bits per heavy atom. The smallest absolute Gasteiger partial charge is 0.282 e. The van der Waals surface area contributed by atoms with Crippen molar-refractivity contribution >= 4 is 22.7 Å². The summed E-state index contributed by atoms with van der Waals surface area (Å²) in [6.45, 7) is 5.01. The highest BCUT2D eigenvalue weighted by Crippen LogP contribution is 2.36. The molecule has 1 aliphatic carbocycles. The third-order valence-electron chi connectivity index (χ3n) is 9.74. The lowest BCUT2D eigenvalue weighted by molar-refractivity contribution is -0.135. The molecule has 1 atom stereocenters. The minimum Gasteiger partial charge on any atom is -0.303 e. The molecule has 44 heavy (non-hydrogen) atoms. The maximum absolute atomic E-state index is 13.1. The molecule has 1 saturated carbocycles. The number of benzene rings is 1. The first-order valence-electron chi connectivity index (χ1n) is 16.2. The number of aryl methyl sites for hydroxylation is 1. The number of nitrogens with zero attached hydrogens (tertiary/aromatic N) is 7. The number of piperidine rings is 2. The molecular weight excluding hydrogens is 566 g/mol. The molecule has 3 aromatic heterocycles. The van der Waals surface area contributed by atoms with Gasteiger partial charge >= 0.3 is 0 Å². The Morgan fingerprint density at radius 3 is 2.52 bits per heavy atom. The molecule has 1 aromatic carbocycles. The third-order valence-corrected chi connectivity index (χ3v) is 9.74. The van der Waals surface area contributed by atoms with Crippen molar-refractivity contribution in [2.75, 3.05) is 19.6 Å². The highest BCUT2D eigenvalue weighted by Gasteiger charge is 2.31. The summed E-state index contributed by atoms with van der Waals surface area (Å²) in [5, 5.41) is 16.9. The summed E-state index contributed by atoms with van der Waals surface area (Å²) in [5.74, 6) is 0.0338. The zero-order chi connectivity index (χ0) is 31.2. The van der Waals surface area contributed by atoms with Crippen molar-refractivity contribution in [3.8, 4) is 11.1 Å². The second-order valence-corrected chi connectivity index (χ2v) is 12.6. The monoisotopic (exact) mass is 605 g/mol. The van der Waals surface area contributed by atoms with E-state index in [0.29, 0.717) is 24.8 Å². The Labute approximate surface area is 255 Å². The van der Waals surface area contributed by atoms with Gasteiger partial charge in [0.25, 0.3) is 12.3 Å². The maximum atomic E-state index is 13.1. The van der Waals surface area contributed by atoms with E-state index in [2.05, 4.69) is 32.3 Å². The Hall–Kier alpha value is -3.93. The van der Waals surface area contributed by atoms with E-state index >= 15 is 0 Å². The summed E-state index contributed by atoms with van der Waals surface area (Å²) >= 11 is 0. The lowest BCUT2D eigenvalue weighted by Crippen LogP contribution is -2.42. The minimum absolute atomic E-state index is 0.0963. The van der Waals surface area contributed by atoms with Crippen LogP contribution in [0.15, 0.2) is 42.8 Å². The fraction of sp³-hybridized carbons (Fsp3) is 0.531. The van der Waals surface area contributed by atoms with E-state index in [-0.39, 0.29) is 23.9 Å². The zero-order valence-electron chi connectivity index (χ0n) is 25.8. The van der Waals surface area contributed by atoms with Gasteiger partial charge in [-0.1, -0.05) is 12.1 Å². The van der Waals surface area contributed by atoms with E-state index in [0.717, 1.165) is 85.9 Å². The minimum atomic E-state index is -2.71. The Balaban J connectivity index is 0.961. The molecule has 3 fully saturated rings. The normalized spacial score (nSPS) is 24.3. The van der Waals surface area contributed by atoms with Crippen LogP contribution in [0.2, 0.25) is 0 Å². The van der Waals surface area contributed by atoms with Crippen LogP contribution in [-0.4, -0.2) is 65.7 Å². The summed E-state index contributed by atoms with van der Waals surface area (Å²) in [7, 11) is 0. The van der Waals surface area contributed by atoms with Crippen molar-refractivity contribution in [2.45, 2.75) is 82.8 Å². The number of rotatable bonds is 7. The second-order valence-electron chi connectivity index (χ2n) is 12.6. The number of amides is 2. The summed E-state index contributed by atoms with van der Waals surface area (Å²) in [6.07, 6.45) is 9.43. The first kappa shape index (κ1) is 27.6. The van der Waals surface area contributed by atoms with Gasteiger partial charge in [-0.25, -0.2) is 8.78 Å². The molecule has 0 bridgehead atoms. The number of nitrogens with one attached hydrogen (secondary N) is 1. The van der Waals surface area contributed by atoms with Crippen molar-refractivity contribution in [2.24, 2.45) is 5.92 Å². The second kappa shape index (κ2) is 11.9. The quantitative estimate of drug-likeness (QED) is 0.284. The molecule has 4 aromatic rings. The van der Waals surface area contributed by atoms with Crippen LogP contribution in [0.5, 0.6) is 0 Å². The predicted molar refractivity (Wildman–Crippen MR) is 160 cm³/mol. The average Bonchev–Trinajstić information content (AvgIpc) is 3.76. The average molecular weight is 606 g/mol. The van der Waals surface area contributed by atoms with Crippen LogP contribution < -0.4 is 5.32 Å². The highest BCUT2D eigenvalue weighted by atomic mass is 19.3. The van der Waals surface area contributed by atoms with E-state index < -0.39 is 18.2 Å². The van der Waals surface area contributed by atoms with Crippen molar-refractivity contribution in [1.82, 2.24) is 39.6 Å². The van der Waals surface area contributed by atoms with Crippen molar-refractivity contribution in [3.63, 3.8) is 0 Å². The van der Waals surface area contributed by atoms with Crippen LogP contribution in [0.1, 0.15) is 88.7 Å². The third kappa shape index (κ3) is 5.55. The van der Waals surface area contributed by atoms with Gasteiger partial charge in [0.15, 0.2) is 0 Å². The molecule has 0 spiro atoms. The topological polar surface area (TPSA) is 103 Å². The van der Waals surface area contributed by atoms with Gasteiger partial charge in [-0.05, 0) is 75.5 Å². The van der Waals surface area contributed by atoms with Crippen molar-refractivity contribution in [3.05, 3.63) is 54.2 Å². The molecule has 1 N–H and O–H groups in total. The molecule has 12 heteroatoms. The number of hydrogen-bond acceptors (Lipinski definition) is 6. The largest absolute Gasteiger partial charge is 0.303 e. The van der Waals surface area contributed by atoms with E-state index in [4.69, 9.17) is 11.6 Å². The van der Waals surface area contributed by atoms with Crippen LogP contribution >= 0.6 is 0 Å². The molecule has 232 valence electrons. The summed E-state index contributed by atoms with van der Waals surface area (Å²) in [6, 6.07) is 5.76. The van der Waals surface area contributed by atoms with Crippen LogP contribution in [0, 0.1) is 12.8 Å². The van der Waals surface area contributed by atoms with Crippen LogP contribution in [0.4, 0.5) is 8.78 Å². The summed E-state index contributed by atoms with van der Waals surface area (Å²) in [5.41, 5.74) is 3.34. The maximum Gasteiger partial charge on any atom is 0.282 e. The Kier molecular flexibility index (Phi) is 7.45. The number of likely N-dealkylation sites (tertiary alicyclic amines) is 1. The summed E-state index contributed by atoms with van der Waals surface area (Å²) < 4.78 is 39.3. The van der Waals surface area contributed by atoms with E-state index in [1.807, 2.05) is 25.3 Å².